The van der Waals surface area contributed by atoms with Gasteiger partial charge in [0.1, 0.15) is 0 Å². The summed E-state index contributed by atoms with van der Waals surface area (Å²) in [5.74, 6) is 0. The molecule has 0 aliphatic carbocycles. The van der Waals surface area contributed by atoms with Gasteiger partial charge in [0.25, 0.3) is 0 Å². The van der Waals surface area contributed by atoms with Gasteiger partial charge in [-0.2, -0.15) is 0 Å². The van der Waals surface area contributed by atoms with Crippen LogP contribution in [0.2, 0.25) is 0 Å². The highest BCUT2D eigenvalue weighted by Gasteiger charge is 2.42. The molecule has 0 spiro atoms. The Kier molecular flexibility index (Phi) is 7.27. The SMILES string of the molecule is CC(c1ccccc1P(C(C)(C)C)C(C)(C)C)P(C(C)(C)C)C(C)(C)C. The zero-order valence-corrected chi connectivity index (χ0v) is 21.6. The van der Waals surface area contributed by atoms with Crippen LogP contribution < -0.4 is 5.30 Å². The molecule has 0 nitrogen and oxygen atoms in total. The molecule has 1 aromatic carbocycles. The Morgan fingerprint density at radius 2 is 1.00 bits per heavy atom. The van der Waals surface area contributed by atoms with E-state index in [1.165, 1.54) is 0 Å². The van der Waals surface area contributed by atoms with E-state index in [0.29, 0.717) is 26.3 Å². The minimum absolute atomic E-state index is 0.183. The molecule has 2 heteroatoms. The lowest BCUT2D eigenvalue weighted by molar-refractivity contribution is 0.689. The van der Waals surface area contributed by atoms with Crippen molar-refractivity contribution in [3.8, 4) is 0 Å². The molecule has 0 heterocycles. The third kappa shape index (κ3) is 5.79. The lowest BCUT2D eigenvalue weighted by atomic mass is 10.1. The summed E-state index contributed by atoms with van der Waals surface area (Å²) >= 11 is 0. The predicted octanol–water partition coefficient (Wildman–Crippen LogP) is 8.53. The molecule has 1 aromatic rings. The van der Waals surface area contributed by atoms with Crippen LogP contribution in [-0.4, -0.2) is 20.6 Å². The van der Waals surface area contributed by atoms with Crippen molar-refractivity contribution in [2.45, 2.75) is 116 Å². The van der Waals surface area contributed by atoms with Gasteiger partial charge < -0.3 is 0 Å². The Balaban J connectivity index is 3.62. The zero-order valence-electron chi connectivity index (χ0n) is 19.8. The van der Waals surface area contributed by atoms with Crippen molar-refractivity contribution in [2.24, 2.45) is 0 Å². The van der Waals surface area contributed by atoms with Gasteiger partial charge in [0.2, 0.25) is 0 Å². The predicted molar refractivity (Wildman–Crippen MR) is 127 cm³/mol. The molecule has 1 rings (SSSR count). The van der Waals surface area contributed by atoms with E-state index in [-0.39, 0.29) is 15.8 Å². The van der Waals surface area contributed by atoms with Crippen LogP contribution in [0.15, 0.2) is 24.3 Å². The molecule has 1 unspecified atom stereocenters. The van der Waals surface area contributed by atoms with Crippen molar-refractivity contribution in [2.75, 3.05) is 0 Å². The van der Waals surface area contributed by atoms with E-state index < -0.39 is 0 Å². The molecule has 0 aliphatic heterocycles. The summed E-state index contributed by atoms with van der Waals surface area (Å²) in [6.45, 7) is 31.8. The highest BCUT2D eigenvalue weighted by Crippen LogP contribution is 2.69. The van der Waals surface area contributed by atoms with Crippen LogP contribution in [0.25, 0.3) is 0 Å². The van der Waals surface area contributed by atoms with Gasteiger partial charge >= 0.3 is 0 Å². The summed E-state index contributed by atoms with van der Waals surface area (Å²) < 4.78 is 0. The molecule has 0 aliphatic rings. The highest BCUT2D eigenvalue weighted by atomic mass is 31.1. The van der Waals surface area contributed by atoms with Gasteiger partial charge in [-0.15, -0.1) is 0 Å². The molecule has 0 saturated carbocycles. The number of benzene rings is 1. The van der Waals surface area contributed by atoms with E-state index in [9.17, 15) is 0 Å². The van der Waals surface area contributed by atoms with Crippen molar-refractivity contribution in [3.63, 3.8) is 0 Å². The summed E-state index contributed by atoms with van der Waals surface area (Å²) in [5.41, 5.74) is 2.22. The maximum Gasteiger partial charge on any atom is 0.00291 e. The first-order valence-electron chi connectivity index (χ1n) is 10.1. The average Bonchev–Trinajstić information content (AvgIpc) is 2.31. The third-order valence-electron chi connectivity index (χ3n) is 4.80. The summed E-state index contributed by atoms with van der Waals surface area (Å²) in [6.07, 6.45) is 0. The van der Waals surface area contributed by atoms with E-state index in [2.05, 4.69) is 114 Å². The lowest BCUT2D eigenvalue weighted by Gasteiger charge is -2.48. The molecule has 0 saturated heterocycles. The first kappa shape index (κ1) is 24.1. The second-order valence-electron chi connectivity index (χ2n) is 11.6. The molecule has 0 amide bonds. The second-order valence-corrected chi connectivity index (χ2v) is 19.7. The van der Waals surface area contributed by atoms with Crippen molar-refractivity contribution >= 4 is 21.1 Å². The smallest absolute Gasteiger partial charge is 0.00291 e. The molecule has 0 aromatic heterocycles. The van der Waals surface area contributed by atoms with Crippen molar-refractivity contribution in [1.82, 2.24) is 0 Å². The summed E-state index contributed by atoms with van der Waals surface area (Å²) in [7, 11) is -0.460. The van der Waals surface area contributed by atoms with E-state index in [4.69, 9.17) is 0 Å². The van der Waals surface area contributed by atoms with Crippen LogP contribution in [0.3, 0.4) is 0 Å². The van der Waals surface area contributed by atoms with Crippen molar-refractivity contribution < 1.29 is 0 Å². The van der Waals surface area contributed by atoms with E-state index in [0.717, 1.165) is 0 Å². The average molecular weight is 395 g/mol. The summed E-state index contributed by atoms with van der Waals surface area (Å²) in [6, 6.07) is 9.38. The van der Waals surface area contributed by atoms with Gasteiger partial charge in [-0.1, -0.05) is 130 Å². The molecule has 0 bridgehead atoms. The Bertz CT molecular complexity index is 560. The van der Waals surface area contributed by atoms with E-state index in [1.54, 1.807) is 10.9 Å². The van der Waals surface area contributed by atoms with Crippen LogP contribution in [-0.2, 0) is 0 Å². The quantitative estimate of drug-likeness (QED) is 0.451. The van der Waals surface area contributed by atoms with Gasteiger partial charge in [0.05, 0.1) is 0 Å². The molecule has 26 heavy (non-hydrogen) atoms. The third-order valence-corrected chi connectivity index (χ3v) is 12.3. The van der Waals surface area contributed by atoms with Crippen molar-refractivity contribution in [1.29, 1.82) is 0 Å². The van der Waals surface area contributed by atoms with Gasteiger partial charge in [-0.05, 0) is 31.5 Å². The molecule has 0 N–H and O–H groups in total. The Hall–Kier alpha value is 0.0800. The number of hydrogen-bond donors (Lipinski definition) is 0. The van der Waals surface area contributed by atoms with Crippen LogP contribution in [0.4, 0.5) is 0 Å². The molecule has 150 valence electrons. The fraction of sp³-hybridized carbons (Fsp3) is 0.750. The maximum absolute atomic E-state index is 2.50. The summed E-state index contributed by atoms with van der Waals surface area (Å²) in [5, 5.41) is 2.92. The summed E-state index contributed by atoms with van der Waals surface area (Å²) in [4.78, 5) is 0. The molecular weight excluding hydrogens is 350 g/mol. The Labute approximate surface area is 167 Å². The largest absolute Gasteiger partial charge is 0.0882 e. The Morgan fingerprint density at radius 1 is 0.615 bits per heavy atom. The van der Waals surface area contributed by atoms with Gasteiger partial charge in [0, 0.05) is 5.66 Å². The molecule has 0 radical (unpaired) electrons. The molecule has 0 fully saturated rings. The monoisotopic (exact) mass is 394 g/mol. The molecule has 1 atom stereocenters. The minimum Gasteiger partial charge on any atom is -0.0882 e. The Morgan fingerprint density at radius 3 is 1.35 bits per heavy atom. The van der Waals surface area contributed by atoms with Gasteiger partial charge in [-0.25, -0.2) is 0 Å². The fourth-order valence-corrected chi connectivity index (χ4v) is 14.2. The normalized spacial score (nSPS) is 15.7. The fourth-order valence-electron chi connectivity index (χ4n) is 5.08. The van der Waals surface area contributed by atoms with Crippen LogP contribution in [0, 0.1) is 0 Å². The number of rotatable bonds is 3. The lowest BCUT2D eigenvalue weighted by Crippen LogP contribution is -2.34. The first-order chi connectivity index (χ1) is 11.4. The standard InChI is InChI=1S/C24H44P2/c1-18(25(21(2,3)4)22(5,6)7)19-16-14-15-17-20(19)26(23(8,9)10)24(11,12)13/h14-18H,1-13H3. The van der Waals surface area contributed by atoms with Gasteiger partial charge in [-0.3, -0.25) is 0 Å². The maximum atomic E-state index is 2.50. The van der Waals surface area contributed by atoms with Crippen molar-refractivity contribution in [3.05, 3.63) is 29.8 Å². The molecular formula is C24H44P2. The van der Waals surface area contributed by atoms with E-state index >= 15 is 0 Å². The second kappa shape index (κ2) is 7.84. The van der Waals surface area contributed by atoms with Crippen LogP contribution >= 0.6 is 15.8 Å². The van der Waals surface area contributed by atoms with Crippen LogP contribution in [0.1, 0.15) is 101 Å². The zero-order chi connectivity index (χ0) is 20.7. The topological polar surface area (TPSA) is 0 Å². The minimum atomic E-state index is -0.277. The van der Waals surface area contributed by atoms with E-state index in [1.807, 2.05) is 0 Å². The van der Waals surface area contributed by atoms with Crippen LogP contribution in [0.5, 0.6) is 0 Å². The highest BCUT2D eigenvalue weighted by molar-refractivity contribution is 7.68. The number of hydrogen-bond acceptors (Lipinski definition) is 0. The first-order valence-corrected chi connectivity index (χ1v) is 12.8. The van der Waals surface area contributed by atoms with Gasteiger partial charge in [0.15, 0.2) is 0 Å².